The van der Waals surface area contributed by atoms with Crippen molar-refractivity contribution in [2.45, 2.75) is 45.1 Å². The number of aromatic nitrogens is 2. The SMILES string of the molecule is CCC1CCC(N(C)c2ncnc(Cl)c2Br)CC1. The average Bonchev–Trinajstić information content (AvgIpc) is 2.41. The van der Waals surface area contributed by atoms with Gasteiger partial charge in [-0.15, -0.1) is 0 Å². The molecule has 1 heterocycles. The highest BCUT2D eigenvalue weighted by atomic mass is 79.9. The Balaban J connectivity index is 2.08. The second-order valence-corrected chi connectivity index (χ2v) is 6.15. The molecule has 3 nitrogen and oxygen atoms in total. The Morgan fingerprint density at radius 1 is 1.33 bits per heavy atom. The van der Waals surface area contributed by atoms with E-state index in [-0.39, 0.29) is 0 Å². The number of rotatable bonds is 3. The summed E-state index contributed by atoms with van der Waals surface area (Å²) in [6, 6.07) is 0.565. The minimum absolute atomic E-state index is 0.481. The molecule has 5 heteroatoms. The predicted octanol–water partition coefficient (Wildman–Crippen LogP) is 4.30. The molecule has 18 heavy (non-hydrogen) atoms. The third-order valence-electron chi connectivity index (χ3n) is 4.00. The summed E-state index contributed by atoms with van der Waals surface area (Å²) < 4.78 is 0.798. The smallest absolute Gasteiger partial charge is 0.148 e. The molecule has 0 bridgehead atoms. The zero-order valence-electron chi connectivity index (χ0n) is 10.9. The summed E-state index contributed by atoms with van der Waals surface area (Å²) in [4.78, 5) is 10.5. The zero-order chi connectivity index (χ0) is 13.1. The van der Waals surface area contributed by atoms with E-state index < -0.39 is 0 Å². The van der Waals surface area contributed by atoms with Crippen molar-refractivity contribution in [1.29, 1.82) is 0 Å². The summed E-state index contributed by atoms with van der Waals surface area (Å²) in [6.07, 6.45) is 7.95. The van der Waals surface area contributed by atoms with Gasteiger partial charge in [0.2, 0.25) is 0 Å². The van der Waals surface area contributed by atoms with Crippen LogP contribution in [0.1, 0.15) is 39.0 Å². The Hall–Kier alpha value is -0.350. The topological polar surface area (TPSA) is 29.0 Å². The summed E-state index contributed by atoms with van der Waals surface area (Å²) in [5.74, 6) is 1.81. The Bertz CT molecular complexity index is 405. The van der Waals surface area contributed by atoms with Gasteiger partial charge in [0, 0.05) is 13.1 Å². The standard InChI is InChI=1S/C13H19BrClN3/c1-3-9-4-6-10(7-5-9)18(2)13-11(14)12(15)16-8-17-13/h8-10H,3-7H2,1-2H3. The fourth-order valence-corrected chi connectivity index (χ4v) is 3.31. The van der Waals surface area contributed by atoms with Crippen molar-refractivity contribution in [1.82, 2.24) is 9.97 Å². The molecular weight excluding hydrogens is 314 g/mol. The van der Waals surface area contributed by atoms with E-state index in [0.29, 0.717) is 11.2 Å². The van der Waals surface area contributed by atoms with E-state index in [0.717, 1.165) is 16.2 Å². The second kappa shape index (κ2) is 6.20. The lowest BCUT2D eigenvalue weighted by Crippen LogP contribution is -2.35. The lowest BCUT2D eigenvalue weighted by atomic mass is 9.84. The summed E-state index contributed by atoms with van der Waals surface area (Å²) in [6.45, 7) is 2.29. The van der Waals surface area contributed by atoms with Gasteiger partial charge >= 0.3 is 0 Å². The molecule has 100 valence electrons. The zero-order valence-corrected chi connectivity index (χ0v) is 13.2. The third kappa shape index (κ3) is 2.97. The van der Waals surface area contributed by atoms with E-state index in [1.54, 1.807) is 0 Å². The number of hydrogen-bond donors (Lipinski definition) is 0. The molecule has 0 saturated heterocycles. The normalized spacial score (nSPS) is 24.0. The Kier molecular flexibility index (Phi) is 4.84. The highest BCUT2D eigenvalue weighted by Gasteiger charge is 2.25. The maximum Gasteiger partial charge on any atom is 0.148 e. The lowest BCUT2D eigenvalue weighted by molar-refractivity contribution is 0.312. The second-order valence-electron chi connectivity index (χ2n) is 5.00. The Morgan fingerprint density at radius 3 is 2.61 bits per heavy atom. The van der Waals surface area contributed by atoms with Crippen molar-refractivity contribution in [2.24, 2.45) is 5.92 Å². The molecule has 0 aliphatic heterocycles. The molecular formula is C13H19BrClN3. The first-order chi connectivity index (χ1) is 8.63. The minimum atomic E-state index is 0.481. The number of hydrogen-bond acceptors (Lipinski definition) is 3. The molecule has 1 saturated carbocycles. The van der Waals surface area contributed by atoms with Crippen LogP contribution in [0.3, 0.4) is 0 Å². The van der Waals surface area contributed by atoms with Crippen LogP contribution in [0.15, 0.2) is 10.8 Å². The van der Waals surface area contributed by atoms with Crippen molar-refractivity contribution in [2.75, 3.05) is 11.9 Å². The molecule has 0 spiro atoms. The van der Waals surface area contributed by atoms with Gasteiger partial charge in [0.15, 0.2) is 0 Å². The first-order valence-electron chi connectivity index (χ1n) is 6.52. The van der Waals surface area contributed by atoms with Gasteiger partial charge in [0.05, 0.1) is 4.47 Å². The van der Waals surface area contributed by atoms with Crippen molar-refractivity contribution >= 4 is 33.3 Å². The summed E-state index contributed by atoms with van der Waals surface area (Å²) in [5, 5.41) is 0.481. The highest BCUT2D eigenvalue weighted by molar-refractivity contribution is 9.10. The van der Waals surface area contributed by atoms with E-state index in [2.05, 4.69) is 44.8 Å². The van der Waals surface area contributed by atoms with Crippen LogP contribution in [0.25, 0.3) is 0 Å². The van der Waals surface area contributed by atoms with Gasteiger partial charge in [0.1, 0.15) is 17.3 Å². The molecule has 1 aliphatic carbocycles. The Morgan fingerprint density at radius 2 is 2.00 bits per heavy atom. The Labute approximate surface area is 122 Å². The van der Waals surface area contributed by atoms with E-state index >= 15 is 0 Å². The molecule has 2 rings (SSSR count). The summed E-state index contributed by atoms with van der Waals surface area (Å²) in [7, 11) is 2.10. The van der Waals surface area contributed by atoms with Crippen LogP contribution in [-0.4, -0.2) is 23.1 Å². The first kappa shape index (κ1) is 14.1. The lowest BCUT2D eigenvalue weighted by Gasteiger charge is -2.35. The van der Waals surface area contributed by atoms with E-state index in [4.69, 9.17) is 11.6 Å². The molecule has 1 aromatic rings. The largest absolute Gasteiger partial charge is 0.356 e. The fraction of sp³-hybridized carbons (Fsp3) is 0.692. The molecule has 1 aliphatic rings. The molecule has 0 unspecified atom stereocenters. The van der Waals surface area contributed by atoms with Crippen LogP contribution in [0.2, 0.25) is 5.15 Å². The van der Waals surface area contributed by atoms with Gasteiger partial charge in [-0.25, -0.2) is 9.97 Å². The molecule has 0 atom stereocenters. The van der Waals surface area contributed by atoms with Gasteiger partial charge in [-0.05, 0) is 47.5 Å². The average molecular weight is 333 g/mol. The monoisotopic (exact) mass is 331 g/mol. The van der Waals surface area contributed by atoms with E-state index in [1.165, 1.54) is 38.4 Å². The van der Waals surface area contributed by atoms with Crippen LogP contribution in [0, 0.1) is 5.92 Å². The van der Waals surface area contributed by atoms with Crippen LogP contribution < -0.4 is 4.90 Å². The molecule has 1 aromatic heterocycles. The maximum atomic E-state index is 6.02. The van der Waals surface area contributed by atoms with Crippen LogP contribution >= 0.6 is 27.5 Å². The minimum Gasteiger partial charge on any atom is -0.356 e. The van der Waals surface area contributed by atoms with Crippen molar-refractivity contribution in [3.05, 3.63) is 16.0 Å². The molecule has 0 N–H and O–H groups in total. The van der Waals surface area contributed by atoms with Crippen molar-refractivity contribution < 1.29 is 0 Å². The van der Waals surface area contributed by atoms with Crippen LogP contribution in [0.5, 0.6) is 0 Å². The molecule has 0 radical (unpaired) electrons. The molecule has 1 fully saturated rings. The number of halogens is 2. The molecule has 0 aromatic carbocycles. The summed E-state index contributed by atoms with van der Waals surface area (Å²) in [5.41, 5.74) is 0. The third-order valence-corrected chi connectivity index (χ3v) is 5.25. The molecule has 0 amide bonds. The highest BCUT2D eigenvalue weighted by Crippen LogP contribution is 2.34. The van der Waals surface area contributed by atoms with Crippen LogP contribution in [-0.2, 0) is 0 Å². The van der Waals surface area contributed by atoms with Crippen molar-refractivity contribution in [3.8, 4) is 0 Å². The fourth-order valence-electron chi connectivity index (χ4n) is 2.70. The first-order valence-corrected chi connectivity index (χ1v) is 7.69. The number of anilines is 1. The van der Waals surface area contributed by atoms with Gasteiger partial charge in [-0.3, -0.25) is 0 Å². The number of nitrogens with zero attached hydrogens (tertiary/aromatic N) is 3. The van der Waals surface area contributed by atoms with E-state index in [9.17, 15) is 0 Å². The van der Waals surface area contributed by atoms with Gasteiger partial charge in [-0.1, -0.05) is 24.9 Å². The summed E-state index contributed by atoms with van der Waals surface area (Å²) >= 11 is 9.49. The van der Waals surface area contributed by atoms with E-state index in [1.807, 2.05) is 0 Å². The van der Waals surface area contributed by atoms with Crippen molar-refractivity contribution in [3.63, 3.8) is 0 Å². The maximum absolute atomic E-state index is 6.02. The predicted molar refractivity (Wildman–Crippen MR) is 79.2 cm³/mol. The quantitative estimate of drug-likeness (QED) is 0.773. The van der Waals surface area contributed by atoms with Gasteiger partial charge in [0.25, 0.3) is 0 Å². The van der Waals surface area contributed by atoms with Crippen LogP contribution in [0.4, 0.5) is 5.82 Å². The van der Waals surface area contributed by atoms with Gasteiger partial charge < -0.3 is 4.90 Å². The van der Waals surface area contributed by atoms with Gasteiger partial charge in [-0.2, -0.15) is 0 Å².